The van der Waals surface area contributed by atoms with Crippen LogP contribution in [-0.2, 0) is 14.2 Å². The minimum absolute atomic E-state index is 0.382. The largest absolute Gasteiger partial charge is 0.345 e. The maximum Gasteiger partial charge on any atom is 0.330 e. The predicted octanol–water partition coefficient (Wildman–Crippen LogP) is 0.725. The van der Waals surface area contributed by atoms with Crippen LogP contribution >= 0.6 is 11.8 Å². The summed E-state index contributed by atoms with van der Waals surface area (Å²) in [5.74, 6) is -0.266. The summed E-state index contributed by atoms with van der Waals surface area (Å²) in [6.07, 6.45) is 3.02. The van der Waals surface area contributed by atoms with Gasteiger partial charge in [0.1, 0.15) is 23.7 Å². The number of nitrogens with one attached hydrogen (secondary N) is 1. The van der Waals surface area contributed by atoms with Crippen LogP contribution in [0, 0.1) is 10.7 Å². The van der Waals surface area contributed by atoms with Gasteiger partial charge in [-0.05, 0) is 25.6 Å². The van der Waals surface area contributed by atoms with Gasteiger partial charge >= 0.3 is 5.69 Å². The lowest BCUT2D eigenvalue weighted by Gasteiger charge is -2.24. The fourth-order valence-corrected chi connectivity index (χ4v) is 3.17. The summed E-state index contributed by atoms with van der Waals surface area (Å²) >= 11 is 1.11. The molecule has 1 N–H and O–H groups in total. The Bertz CT molecular complexity index is 793. The van der Waals surface area contributed by atoms with Crippen LogP contribution < -0.4 is 11.2 Å². The summed E-state index contributed by atoms with van der Waals surface area (Å²) in [6.45, 7) is 3.59. The Morgan fingerprint density at radius 2 is 2.17 bits per heavy atom. The first kappa shape index (κ1) is 17.0. The molecule has 0 radical (unpaired) electrons. The first-order chi connectivity index (χ1) is 11.4. The molecule has 0 amide bonds. The predicted molar refractivity (Wildman–Crippen MR) is 86.3 cm³/mol. The van der Waals surface area contributed by atoms with Gasteiger partial charge in [0, 0.05) is 18.0 Å². The van der Waals surface area contributed by atoms with Crippen molar-refractivity contribution < 1.29 is 14.2 Å². The van der Waals surface area contributed by atoms with Crippen molar-refractivity contribution in [2.24, 2.45) is 0 Å². The van der Waals surface area contributed by atoms with Crippen molar-refractivity contribution in [2.75, 3.05) is 5.75 Å². The van der Waals surface area contributed by atoms with Gasteiger partial charge in [-0.2, -0.15) is 5.26 Å². The second-order valence-corrected chi connectivity index (χ2v) is 6.71. The van der Waals surface area contributed by atoms with Crippen molar-refractivity contribution in [3.05, 3.63) is 45.3 Å². The van der Waals surface area contributed by atoms with E-state index in [1.54, 1.807) is 13.8 Å². The van der Waals surface area contributed by atoms with E-state index in [-0.39, 0.29) is 6.10 Å². The summed E-state index contributed by atoms with van der Waals surface area (Å²) in [5.41, 5.74) is -1.04. The van der Waals surface area contributed by atoms with E-state index in [1.165, 1.54) is 16.8 Å². The maximum atomic E-state index is 12.1. The Morgan fingerprint density at radius 1 is 1.42 bits per heavy atom. The van der Waals surface area contributed by atoms with Crippen LogP contribution in [0.15, 0.2) is 34.0 Å². The third-order valence-corrected chi connectivity index (χ3v) is 4.25. The molecule has 0 saturated carbocycles. The van der Waals surface area contributed by atoms with E-state index in [1.807, 2.05) is 17.6 Å². The molecule has 3 heterocycles. The number of thiocyanates is 1. The molecule has 0 spiro atoms. The minimum Gasteiger partial charge on any atom is -0.345 e. The number of ether oxygens (including phenoxy) is 3. The van der Waals surface area contributed by atoms with Crippen molar-refractivity contribution in [2.45, 2.75) is 44.2 Å². The van der Waals surface area contributed by atoms with Gasteiger partial charge in [0.2, 0.25) is 0 Å². The molecule has 24 heavy (non-hydrogen) atoms. The molecule has 2 aliphatic heterocycles. The number of hydrogen-bond acceptors (Lipinski definition) is 7. The molecule has 2 fully saturated rings. The number of nitriles is 1. The fraction of sp³-hybridized carbons (Fsp3) is 0.533. The Morgan fingerprint density at radius 3 is 2.88 bits per heavy atom. The molecular weight excluding hydrogens is 334 g/mol. The van der Waals surface area contributed by atoms with Crippen LogP contribution in [0.3, 0.4) is 0 Å². The first-order valence-electron chi connectivity index (χ1n) is 7.41. The Labute approximate surface area is 142 Å². The van der Waals surface area contributed by atoms with Gasteiger partial charge in [0.25, 0.3) is 5.56 Å². The molecule has 128 valence electrons. The second-order valence-electron chi connectivity index (χ2n) is 5.90. The van der Waals surface area contributed by atoms with Gasteiger partial charge in [-0.1, -0.05) is 12.2 Å². The average Bonchev–Trinajstić information content (AvgIpc) is 2.98. The number of rotatable bonds is 4. The molecule has 0 unspecified atom stereocenters. The van der Waals surface area contributed by atoms with E-state index >= 15 is 0 Å². The van der Waals surface area contributed by atoms with E-state index < -0.39 is 35.5 Å². The molecule has 0 bridgehead atoms. The number of aromatic amines is 1. The molecule has 1 aromatic rings. The number of aromatic nitrogens is 2. The minimum atomic E-state index is -0.795. The van der Waals surface area contributed by atoms with Crippen molar-refractivity contribution in [1.29, 1.82) is 5.26 Å². The normalized spacial score (nSPS) is 31.2. The molecular formula is C15H17N3O5S. The topological polar surface area (TPSA) is 106 Å². The first-order valence-corrected chi connectivity index (χ1v) is 8.40. The summed E-state index contributed by atoms with van der Waals surface area (Å²) in [6, 6.07) is 1.26. The highest BCUT2D eigenvalue weighted by Gasteiger charge is 2.55. The fourth-order valence-electron chi connectivity index (χ4n) is 2.89. The zero-order valence-corrected chi connectivity index (χ0v) is 14.0. The molecule has 9 heteroatoms. The van der Waals surface area contributed by atoms with Crippen LogP contribution in [0.5, 0.6) is 0 Å². The van der Waals surface area contributed by atoms with Crippen molar-refractivity contribution in [1.82, 2.24) is 9.55 Å². The van der Waals surface area contributed by atoms with Crippen LogP contribution in [0.4, 0.5) is 0 Å². The monoisotopic (exact) mass is 351 g/mol. The summed E-state index contributed by atoms with van der Waals surface area (Å²) in [5, 5.41) is 10.5. The molecule has 2 aliphatic rings. The Balaban J connectivity index is 1.88. The number of H-pyrrole nitrogens is 1. The average molecular weight is 351 g/mol. The maximum absolute atomic E-state index is 12.1. The SMILES string of the molecule is CC1(C)O[C@@H]2[C@H](O1)[C@@H](/C=C/CSC#N)O[C@H]2n1ccc(=O)[nH]c1=O. The van der Waals surface area contributed by atoms with Gasteiger partial charge in [-0.15, -0.1) is 0 Å². The number of hydrogen-bond donors (Lipinski definition) is 1. The van der Waals surface area contributed by atoms with Crippen molar-refractivity contribution in [3.63, 3.8) is 0 Å². The highest BCUT2D eigenvalue weighted by molar-refractivity contribution is 8.03. The number of nitrogens with zero attached hydrogens (tertiary/aromatic N) is 2. The van der Waals surface area contributed by atoms with Gasteiger partial charge in [0.05, 0.1) is 0 Å². The van der Waals surface area contributed by atoms with Crippen LogP contribution in [0.25, 0.3) is 0 Å². The molecule has 4 atom stereocenters. The second kappa shape index (κ2) is 6.57. The third kappa shape index (κ3) is 3.32. The lowest BCUT2D eigenvalue weighted by Crippen LogP contribution is -2.37. The van der Waals surface area contributed by atoms with E-state index in [0.29, 0.717) is 5.75 Å². The molecule has 1 aromatic heterocycles. The summed E-state index contributed by atoms with van der Waals surface area (Å²) in [7, 11) is 0. The lowest BCUT2D eigenvalue weighted by molar-refractivity contribution is -0.192. The van der Waals surface area contributed by atoms with E-state index in [2.05, 4.69) is 4.98 Å². The van der Waals surface area contributed by atoms with E-state index in [9.17, 15) is 9.59 Å². The smallest absolute Gasteiger partial charge is 0.330 e. The molecule has 0 aliphatic carbocycles. The number of fused-ring (bicyclic) bond motifs is 1. The molecule has 2 saturated heterocycles. The van der Waals surface area contributed by atoms with Gasteiger partial charge in [0.15, 0.2) is 12.0 Å². The number of thioether (sulfide) groups is 1. The zero-order valence-electron chi connectivity index (χ0n) is 13.2. The highest BCUT2D eigenvalue weighted by Crippen LogP contribution is 2.42. The Kier molecular flexibility index (Phi) is 4.64. The highest BCUT2D eigenvalue weighted by atomic mass is 32.2. The van der Waals surface area contributed by atoms with Crippen LogP contribution in [0.1, 0.15) is 20.1 Å². The molecule has 3 rings (SSSR count). The van der Waals surface area contributed by atoms with Crippen LogP contribution in [0.2, 0.25) is 0 Å². The quantitative estimate of drug-likeness (QED) is 0.484. The summed E-state index contributed by atoms with van der Waals surface area (Å²) in [4.78, 5) is 25.5. The standard InChI is InChI=1S/C15H17N3O5S/c1-15(2)22-11-9(4-3-7-24-8-16)21-13(12(11)23-15)18-6-5-10(19)17-14(18)20/h3-6,9,11-13H,7H2,1-2H3,(H,17,19,20)/b4-3+/t9-,11-,12-,13-/m1/s1. The van der Waals surface area contributed by atoms with Crippen molar-refractivity contribution in [3.8, 4) is 5.40 Å². The lowest BCUT2D eigenvalue weighted by atomic mass is 10.1. The third-order valence-electron chi connectivity index (χ3n) is 3.76. The van der Waals surface area contributed by atoms with E-state index in [0.717, 1.165) is 11.8 Å². The van der Waals surface area contributed by atoms with Crippen LogP contribution in [-0.4, -0.2) is 39.4 Å². The summed E-state index contributed by atoms with van der Waals surface area (Å²) < 4.78 is 19.0. The molecule has 8 nitrogen and oxygen atoms in total. The molecule has 0 aromatic carbocycles. The Hall–Kier alpha value is -1.86. The van der Waals surface area contributed by atoms with Crippen molar-refractivity contribution >= 4 is 11.8 Å². The van der Waals surface area contributed by atoms with E-state index in [4.69, 9.17) is 19.5 Å². The van der Waals surface area contributed by atoms with Gasteiger partial charge < -0.3 is 14.2 Å². The van der Waals surface area contributed by atoms with Gasteiger partial charge in [-0.3, -0.25) is 14.3 Å². The zero-order chi connectivity index (χ0) is 17.3. The van der Waals surface area contributed by atoms with Gasteiger partial charge in [-0.25, -0.2) is 4.79 Å².